The molecule has 2 aliphatic rings. The third-order valence-electron chi connectivity index (χ3n) is 6.46. The van der Waals surface area contributed by atoms with Crippen LogP contribution in [-0.2, 0) is 11.3 Å². The third-order valence-corrected chi connectivity index (χ3v) is 6.46. The van der Waals surface area contributed by atoms with Gasteiger partial charge in [-0.05, 0) is 53.1 Å². The molecule has 1 saturated heterocycles. The van der Waals surface area contributed by atoms with E-state index in [9.17, 15) is 14.3 Å². The highest BCUT2D eigenvalue weighted by atomic mass is 19.1. The summed E-state index contributed by atoms with van der Waals surface area (Å²) < 4.78 is 29.7. The van der Waals surface area contributed by atoms with Crippen LogP contribution in [0.3, 0.4) is 0 Å². The Morgan fingerprint density at radius 2 is 1.73 bits per heavy atom. The van der Waals surface area contributed by atoms with Crippen molar-refractivity contribution in [2.75, 3.05) is 20.4 Å². The second-order valence-corrected chi connectivity index (χ2v) is 8.36. The van der Waals surface area contributed by atoms with Gasteiger partial charge >= 0.3 is 5.97 Å². The predicted molar refractivity (Wildman–Crippen MR) is 119 cm³/mol. The maximum Gasteiger partial charge on any atom is 0.309 e. The molecule has 0 bridgehead atoms. The van der Waals surface area contributed by atoms with Crippen molar-refractivity contribution in [3.05, 3.63) is 89.2 Å². The smallest absolute Gasteiger partial charge is 0.309 e. The van der Waals surface area contributed by atoms with Gasteiger partial charge < -0.3 is 19.3 Å². The van der Waals surface area contributed by atoms with Crippen molar-refractivity contribution in [2.45, 2.75) is 18.5 Å². The van der Waals surface area contributed by atoms with Crippen LogP contribution in [-0.4, -0.2) is 36.4 Å². The monoisotopic (exact) mass is 449 g/mol. The molecule has 5 rings (SSSR count). The van der Waals surface area contributed by atoms with E-state index >= 15 is 0 Å². The molecule has 1 fully saturated rings. The van der Waals surface area contributed by atoms with Gasteiger partial charge in [0.15, 0.2) is 11.5 Å². The Morgan fingerprint density at radius 1 is 1.03 bits per heavy atom. The molecule has 0 unspecified atom stereocenters. The number of likely N-dealkylation sites (tertiary alicyclic amines) is 1. The van der Waals surface area contributed by atoms with Gasteiger partial charge in [0, 0.05) is 25.0 Å². The van der Waals surface area contributed by atoms with Crippen molar-refractivity contribution >= 4 is 5.97 Å². The lowest BCUT2D eigenvalue weighted by atomic mass is 9.82. The van der Waals surface area contributed by atoms with E-state index in [-0.39, 0.29) is 24.6 Å². The van der Waals surface area contributed by atoms with Crippen LogP contribution in [0.25, 0.3) is 0 Å². The standard InChI is InChI=1S/C26H24FNO5/c1-31-20-9-4-17(5-10-20)25-24(26(29)30)21(18-6-11-22-23(12-18)33-15-32-22)14-28(25)13-16-2-7-19(27)8-3-16/h2-12,21,24-25H,13-15H2,1H3,(H,29,30)/t21-,24+,25-/m1/s1. The Bertz CT molecular complexity index is 1150. The van der Waals surface area contributed by atoms with Gasteiger partial charge in [-0.1, -0.05) is 30.3 Å². The summed E-state index contributed by atoms with van der Waals surface area (Å²) in [6.07, 6.45) is 0. The van der Waals surface area contributed by atoms with E-state index in [1.165, 1.54) is 12.1 Å². The van der Waals surface area contributed by atoms with Gasteiger partial charge in [0.05, 0.1) is 13.0 Å². The minimum Gasteiger partial charge on any atom is -0.497 e. The lowest BCUT2D eigenvalue weighted by molar-refractivity contribution is -0.143. The Balaban J connectivity index is 1.54. The molecule has 3 aromatic rings. The highest BCUT2D eigenvalue weighted by molar-refractivity contribution is 5.74. The molecule has 3 aromatic carbocycles. The van der Waals surface area contributed by atoms with Gasteiger partial charge in [-0.2, -0.15) is 0 Å². The molecule has 0 spiro atoms. The van der Waals surface area contributed by atoms with Gasteiger partial charge in [-0.3, -0.25) is 9.69 Å². The van der Waals surface area contributed by atoms with Crippen LogP contribution in [0.1, 0.15) is 28.7 Å². The number of methoxy groups -OCH3 is 1. The quantitative estimate of drug-likeness (QED) is 0.593. The van der Waals surface area contributed by atoms with E-state index in [1.54, 1.807) is 19.2 Å². The summed E-state index contributed by atoms with van der Waals surface area (Å²) in [5.74, 6) is -0.0912. The zero-order chi connectivity index (χ0) is 22.9. The zero-order valence-electron chi connectivity index (χ0n) is 18.1. The number of benzene rings is 3. The van der Waals surface area contributed by atoms with E-state index in [2.05, 4.69) is 4.90 Å². The number of aliphatic carboxylic acids is 1. The van der Waals surface area contributed by atoms with Crippen LogP contribution in [0.15, 0.2) is 66.7 Å². The molecular formula is C26H24FNO5. The molecule has 0 radical (unpaired) electrons. The molecular weight excluding hydrogens is 425 g/mol. The van der Waals surface area contributed by atoms with E-state index < -0.39 is 11.9 Å². The van der Waals surface area contributed by atoms with Gasteiger partial charge in [0.2, 0.25) is 6.79 Å². The van der Waals surface area contributed by atoms with E-state index in [4.69, 9.17) is 14.2 Å². The summed E-state index contributed by atoms with van der Waals surface area (Å²) in [4.78, 5) is 14.8. The number of hydrogen-bond donors (Lipinski definition) is 1. The zero-order valence-corrected chi connectivity index (χ0v) is 18.1. The lowest BCUT2D eigenvalue weighted by Crippen LogP contribution is -2.28. The van der Waals surface area contributed by atoms with E-state index in [1.807, 2.05) is 42.5 Å². The normalized spacial score (nSPS) is 21.8. The van der Waals surface area contributed by atoms with E-state index in [0.717, 1.165) is 16.7 Å². The fourth-order valence-electron chi connectivity index (χ4n) is 4.90. The average Bonchev–Trinajstić information content (AvgIpc) is 3.45. The summed E-state index contributed by atoms with van der Waals surface area (Å²) >= 11 is 0. The third kappa shape index (κ3) is 4.12. The Kier molecular flexibility index (Phi) is 5.64. The number of carbonyl (C=O) groups is 1. The molecule has 0 amide bonds. The van der Waals surface area contributed by atoms with Crippen LogP contribution >= 0.6 is 0 Å². The maximum atomic E-state index is 13.4. The molecule has 170 valence electrons. The van der Waals surface area contributed by atoms with Crippen molar-refractivity contribution in [3.63, 3.8) is 0 Å². The summed E-state index contributed by atoms with van der Waals surface area (Å²) in [7, 11) is 1.60. The summed E-state index contributed by atoms with van der Waals surface area (Å²) in [6, 6.07) is 19.1. The summed E-state index contributed by atoms with van der Waals surface area (Å²) in [5, 5.41) is 10.3. The molecule has 0 aromatic heterocycles. The fourth-order valence-corrected chi connectivity index (χ4v) is 4.90. The van der Waals surface area contributed by atoms with Crippen molar-refractivity contribution in [2.24, 2.45) is 5.92 Å². The SMILES string of the molecule is COc1ccc([C@@H]2[C@@H](C(=O)O)[C@@H](c3ccc4c(c3)OCO4)CN2Cc2ccc(F)cc2)cc1. The van der Waals surface area contributed by atoms with Crippen LogP contribution in [0.5, 0.6) is 17.2 Å². The first-order valence-electron chi connectivity index (χ1n) is 10.8. The van der Waals surface area contributed by atoms with Crippen molar-refractivity contribution in [1.82, 2.24) is 4.90 Å². The topological polar surface area (TPSA) is 68.2 Å². The molecule has 33 heavy (non-hydrogen) atoms. The van der Waals surface area contributed by atoms with Crippen LogP contribution in [0.4, 0.5) is 4.39 Å². The maximum absolute atomic E-state index is 13.4. The van der Waals surface area contributed by atoms with E-state index in [0.29, 0.717) is 30.3 Å². The molecule has 2 aliphatic heterocycles. The predicted octanol–water partition coefficient (Wildman–Crippen LogP) is 4.60. The first-order valence-corrected chi connectivity index (χ1v) is 10.8. The van der Waals surface area contributed by atoms with Crippen LogP contribution < -0.4 is 14.2 Å². The Morgan fingerprint density at radius 3 is 2.42 bits per heavy atom. The number of carboxylic acids is 1. The first-order chi connectivity index (χ1) is 16.0. The van der Waals surface area contributed by atoms with Crippen molar-refractivity contribution in [1.29, 1.82) is 0 Å². The number of carboxylic acid groups (broad SMARTS) is 1. The Hall–Kier alpha value is -3.58. The Labute approximate surface area is 191 Å². The van der Waals surface area contributed by atoms with Crippen LogP contribution in [0, 0.1) is 11.7 Å². The second-order valence-electron chi connectivity index (χ2n) is 8.36. The largest absolute Gasteiger partial charge is 0.497 e. The van der Waals surface area contributed by atoms with Gasteiger partial charge in [-0.15, -0.1) is 0 Å². The molecule has 3 atom stereocenters. The number of rotatable bonds is 6. The highest BCUT2D eigenvalue weighted by Crippen LogP contribution is 2.48. The first kappa shape index (κ1) is 21.3. The number of nitrogens with zero attached hydrogens (tertiary/aromatic N) is 1. The lowest BCUT2D eigenvalue weighted by Gasteiger charge is -2.27. The number of fused-ring (bicyclic) bond motifs is 1. The van der Waals surface area contributed by atoms with Crippen molar-refractivity contribution in [3.8, 4) is 17.2 Å². The summed E-state index contributed by atoms with van der Waals surface area (Å²) in [5.41, 5.74) is 2.71. The number of hydrogen-bond acceptors (Lipinski definition) is 5. The molecule has 0 saturated carbocycles. The highest BCUT2D eigenvalue weighted by Gasteiger charge is 2.47. The van der Waals surface area contributed by atoms with Gasteiger partial charge in [0.25, 0.3) is 0 Å². The molecule has 6 nitrogen and oxygen atoms in total. The van der Waals surface area contributed by atoms with Crippen LogP contribution in [0.2, 0.25) is 0 Å². The van der Waals surface area contributed by atoms with Crippen molar-refractivity contribution < 1.29 is 28.5 Å². The number of halogens is 1. The molecule has 7 heteroatoms. The minimum absolute atomic E-state index is 0.164. The van der Waals surface area contributed by atoms with Gasteiger partial charge in [-0.25, -0.2) is 4.39 Å². The minimum atomic E-state index is -0.861. The fraction of sp³-hybridized carbons (Fsp3) is 0.269. The molecule has 1 N–H and O–H groups in total. The second kappa shape index (κ2) is 8.75. The molecule has 2 heterocycles. The average molecular weight is 449 g/mol. The number of ether oxygens (including phenoxy) is 3. The molecule has 0 aliphatic carbocycles. The van der Waals surface area contributed by atoms with Gasteiger partial charge in [0.1, 0.15) is 11.6 Å². The summed E-state index contributed by atoms with van der Waals surface area (Å²) in [6.45, 7) is 1.20.